The molecular formula is C16H14IN5O3. The van der Waals surface area contributed by atoms with Crippen molar-refractivity contribution < 1.29 is 14.6 Å². The van der Waals surface area contributed by atoms with Crippen LogP contribution in [-0.2, 0) is 17.8 Å². The summed E-state index contributed by atoms with van der Waals surface area (Å²) in [4.78, 5) is 16.5. The van der Waals surface area contributed by atoms with Crippen LogP contribution in [0.1, 0.15) is 34.4 Å². The third-order valence-corrected chi connectivity index (χ3v) is 4.93. The van der Waals surface area contributed by atoms with Gasteiger partial charge in [0, 0.05) is 6.42 Å². The van der Waals surface area contributed by atoms with Gasteiger partial charge in [-0.05, 0) is 47.2 Å². The lowest BCUT2D eigenvalue weighted by molar-refractivity contribution is 0.0519. The molecule has 0 fully saturated rings. The van der Waals surface area contributed by atoms with Crippen LogP contribution in [-0.4, -0.2) is 42.2 Å². The van der Waals surface area contributed by atoms with Crippen LogP contribution in [0.5, 0.6) is 0 Å². The molecule has 3 heterocycles. The SMILES string of the molecule is CCOC(=O)c1ncn2c1Cc1c(I)nnn1-c1cc(CO)ccc1-2. The number of carbonyl (C=O) groups is 1. The molecule has 0 saturated carbocycles. The molecule has 0 aliphatic carbocycles. The molecule has 3 aromatic rings. The molecule has 25 heavy (non-hydrogen) atoms. The number of benzene rings is 1. The van der Waals surface area contributed by atoms with Crippen LogP contribution in [0.25, 0.3) is 11.4 Å². The van der Waals surface area contributed by atoms with E-state index in [1.807, 2.05) is 22.8 Å². The van der Waals surface area contributed by atoms with Gasteiger partial charge in [-0.25, -0.2) is 14.5 Å². The zero-order valence-electron chi connectivity index (χ0n) is 13.3. The summed E-state index contributed by atoms with van der Waals surface area (Å²) >= 11 is 2.13. The third kappa shape index (κ3) is 2.54. The van der Waals surface area contributed by atoms with Gasteiger partial charge in [-0.1, -0.05) is 11.3 Å². The molecular weight excluding hydrogens is 437 g/mol. The minimum absolute atomic E-state index is 0.0702. The topological polar surface area (TPSA) is 95.1 Å². The Balaban J connectivity index is 1.98. The third-order valence-electron chi connectivity index (χ3n) is 4.10. The minimum Gasteiger partial charge on any atom is -0.461 e. The van der Waals surface area contributed by atoms with Crippen LogP contribution >= 0.6 is 22.6 Å². The number of aromatic nitrogens is 5. The number of aliphatic hydroxyl groups is 1. The predicted octanol–water partition coefficient (Wildman–Crippen LogP) is 1.63. The first-order valence-corrected chi connectivity index (χ1v) is 8.79. The Morgan fingerprint density at radius 1 is 1.36 bits per heavy atom. The van der Waals surface area contributed by atoms with Crippen LogP contribution < -0.4 is 0 Å². The van der Waals surface area contributed by atoms with E-state index in [0.717, 1.165) is 32.0 Å². The molecule has 2 aromatic heterocycles. The molecule has 9 heteroatoms. The van der Waals surface area contributed by atoms with Crippen molar-refractivity contribution in [3.05, 3.63) is 50.9 Å². The summed E-state index contributed by atoms with van der Waals surface area (Å²) in [5.74, 6) is -0.444. The van der Waals surface area contributed by atoms with Crippen molar-refractivity contribution >= 4 is 28.6 Å². The van der Waals surface area contributed by atoms with Gasteiger partial charge in [0.05, 0.1) is 36.0 Å². The van der Waals surface area contributed by atoms with Crippen molar-refractivity contribution in [2.45, 2.75) is 20.0 Å². The Hall–Kier alpha value is -2.27. The van der Waals surface area contributed by atoms with Gasteiger partial charge in [-0.2, -0.15) is 0 Å². The lowest BCUT2D eigenvalue weighted by atomic mass is 10.1. The normalized spacial score (nSPS) is 12.1. The Bertz CT molecular complexity index is 978. The van der Waals surface area contributed by atoms with Gasteiger partial charge >= 0.3 is 5.97 Å². The number of fused-ring (bicyclic) bond motifs is 5. The van der Waals surface area contributed by atoms with Crippen molar-refractivity contribution in [2.75, 3.05) is 6.61 Å². The van der Waals surface area contributed by atoms with Gasteiger partial charge in [0.1, 0.15) is 10.0 Å². The molecule has 0 bridgehead atoms. The highest BCUT2D eigenvalue weighted by Crippen LogP contribution is 2.31. The first-order valence-electron chi connectivity index (χ1n) is 7.72. The predicted molar refractivity (Wildman–Crippen MR) is 95.9 cm³/mol. The first kappa shape index (κ1) is 16.2. The number of hydrogen-bond acceptors (Lipinski definition) is 6. The van der Waals surface area contributed by atoms with Crippen molar-refractivity contribution in [3.8, 4) is 11.4 Å². The van der Waals surface area contributed by atoms with Gasteiger partial charge in [0.25, 0.3) is 0 Å². The fourth-order valence-electron chi connectivity index (χ4n) is 2.94. The maximum Gasteiger partial charge on any atom is 0.358 e. The van der Waals surface area contributed by atoms with Gasteiger partial charge in [-0.3, -0.25) is 4.57 Å². The molecule has 0 saturated heterocycles. The van der Waals surface area contributed by atoms with E-state index in [0.29, 0.717) is 18.7 Å². The summed E-state index contributed by atoms with van der Waals surface area (Å²) < 4.78 is 9.50. The number of ether oxygens (including phenoxy) is 1. The van der Waals surface area contributed by atoms with Crippen LogP contribution in [0.2, 0.25) is 0 Å². The lowest BCUT2D eigenvalue weighted by Gasteiger charge is -2.11. The van der Waals surface area contributed by atoms with E-state index in [4.69, 9.17) is 4.74 Å². The van der Waals surface area contributed by atoms with E-state index in [1.54, 1.807) is 17.9 Å². The number of imidazole rings is 1. The summed E-state index contributed by atoms with van der Waals surface area (Å²) in [7, 11) is 0. The molecule has 128 valence electrons. The number of esters is 1. The molecule has 8 nitrogen and oxygen atoms in total. The highest BCUT2D eigenvalue weighted by Gasteiger charge is 2.28. The number of halogens is 1. The number of rotatable bonds is 3. The van der Waals surface area contributed by atoms with Crippen LogP contribution in [0.3, 0.4) is 0 Å². The van der Waals surface area contributed by atoms with E-state index in [2.05, 4.69) is 37.9 Å². The second-order valence-electron chi connectivity index (χ2n) is 5.53. The number of aliphatic hydroxyl groups excluding tert-OH is 1. The minimum atomic E-state index is -0.444. The van der Waals surface area contributed by atoms with Crippen molar-refractivity contribution in [1.82, 2.24) is 24.5 Å². The summed E-state index contributed by atoms with van der Waals surface area (Å²) in [6.45, 7) is 1.98. The molecule has 1 aliphatic heterocycles. The zero-order valence-corrected chi connectivity index (χ0v) is 15.5. The Labute approximate surface area is 156 Å². The molecule has 4 rings (SSSR count). The van der Waals surface area contributed by atoms with Crippen molar-refractivity contribution in [3.63, 3.8) is 0 Å². The first-order chi connectivity index (χ1) is 12.1. The quantitative estimate of drug-likeness (QED) is 0.376. The molecule has 1 aliphatic rings. The van der Waals surface area contributed by atoms with E-state index < -0.39 is 5.97 Å². The number of carbonyl (C=O) groups excluding carboxylic acids is 1. The maximum absolute atomic E-state index is 12.3. The van der Waals surface area contributed by atoms with Crippen molar-refractivity contribution in [1.29, 1.82) is 0 Å². The Kier molecular flexibility index (Phi) is 4.04. The second kappa shape index (κ2) is 6.23. The largest absolute Gasteiger partial charge is 0.461 e. The van der Waals surface area contributed by atoms with Crippen LogP contribution in [0, 0.1) is 3.70 Å². The van der Waals surface area contributed by atoms with Gasteiger partial charge in [-0.15, -0.1) is 5.10 Å². The zero-order chi connectivity index (χ0) is 17.6. The fourth-order valence-corrected chi connectivity index (χ4v) is 3.46. The average Bonchev–Trinajstić information content (AvgIpc) is 3.16. The standard InChI is InChI=1S/C16H14IN5O3/c1-2-25-16(24)14-12-6-13-15(17)19-20-22(13)11-5-9(7-23)3-4-10(11)21(12)8-18-14/h3-5,8,23H,2,6-7H2,1H3. The smallest absolute Gasteiger partial charge is 0.358 e. The average molecular weight is 451 g/mol. The molecule has 0 unspecified atom stereocenters. The number of hydrogen-bond donors (Lipinski definition) is 1. The summed E-state index contributed by atoms with van der Waals surface area (Å²) in [5, 5.41) is 17.9. The second-order valence-corrected chi connectivity index (χ2v) is 6.55. The molecule has 1 N–H and O–H groups in total. The monoisotopic (exact) mass is 451 g/mol. The summed E-state index contributed by atoms with van der Waals surface area (Å²) in [5.41, 5.74) is 4.25. The van der Waals surface area contributed by atoms with Crippen LogP contribution in [0.15, 0.2) is 24.5 Å². The fraction of sp³-hybridized carbons (Fsp3) is 0.250. The molecule has 0 radical (unpaired) electrons. The molecule has 0 amide bonds. The van der Waals surface area contributed by atoms with Gasteiger partial charge in [0.15, 0.2) is 5.69 Å². The Morgan fingerprint density at radius 3 is 2.96 bits per heavy atom. The maximum atomic E-state index is 12.3. The van der Waals surface area contributed by atoms with E-state index in [9.17, 15) is 9.90 Å². The summed E-state index contributed by atoms with van der Waals surface area (Å²) in [6, 6.07) is 5.58. The van der Waals surface area contributed by atoms with Gasteiger partial charge in [0.2, 0.25) is 0 Å². The molecule has 0 atom stereocenters. The lowest BCUT2D eigenvalue weighted by Crippen LogP contribution is -2.10. The number of nitrogens with zero attached hydrogens (tertiary/aromatic N) is 5. The van der Waals surface area contributed by atoms with Gasteiger partial charge < -0.3 is 9.84 Å². The molecule has 1 aromatic carbocycles. The van der Waals surface area contributed by atoms with Crippen LogP contribution in [0.4, 0.5) is 0 Å². The van der Waals surface area contributed by atoms with E-state index in [1.165, 1.54) is 0 Å². The van der Waals surface area contributed by atoms with Crippen molar-refractivity contribution in [2.24, 2.45) is 0 Å². The highest BCUT2D eigenvalue weighted by atomic mass is 127. The van der Waals surface area contributed by atoms with E-state index in [-0.39, 0.29) is 6.61 Å². The summed E-state index contributed by atoms with van der Waals surface area (Å²) in [6.07, 6.45) is 2.06. The highest BCUT2D eigenvalue weighted by molar-refractivity contribution is 14.1. The molecule has 0 spiro atoms. The van der Waals surface area contributed by atoms with E-state index >= 15 is 0 Å². The Morgan fingerprint density at radius 2 is 2.20 bits per heavy atom.